The molecule has 0 fully saturated rings. The van der Waals surface area contributed by atoms with Crippen LogP contribution in [0.2, 0.25) is 5.02 Å². The summed E-state index contributed by atoms with van der Waals surface area (Å²) in [5, 5.41) is 2.58. The summed E-state index contributed by atoms with van der Waals surface area (Å²) in [5.74, 6) is -0.325. The number of hydrogen-bond donors (Lipinski definition) is 2. The second-order valence-electron chi connectivity index (χ2n) is 4.51. The number of hydrogen-bond acceptors (Lipinski definition) is 3. The molecule has 0 spiro atoms. The Kier molecular flexibility index (Phi) is 4.98. The van der Waals surface area contributed by atoms with E-state index in [1.54, 1.807) is 55.5 Å². The fourth-order valence-corrected chi connectivity index (χ4v) is 2.92. The van der Waals surface area contributed by atoms with Gasteiger partial charge in [-0.25, -0.2) is 0 Å². The van der Waals surface area contributed by atoms with Crippen molar-refractivity contribution in [3.63, 3.8) is 0 Å². The highest BCUT2D eigenvalue weighted by Gasteiger charge is 2.21. The molecule has 0 saturated heterocycles. The van der Waals surface area contributed by atoms with Gasteiger partial charge in [0.05, 0.1) is 10.8 Å². The zero-order valence-corrected chi connectivity index (χ0v) is 12.9. The highest BCUT2D eigenvalue weighted by atomic mass is 35.5. The van der Waals surface area contributed by atoms with Gasteiger partial charge in [-0.2, -0.15) is 0 Å². The molecule has 0 bridgehead atoms. The van der Waals surface area contributed by atoms with Crippen molar-refractivity contribution in [2.24, 2.45) is 0 Å². The first-order valence-corrected chi connectivity index (χ1v) is 7.89. The molecule has 0 aliphatic heterocycles. The molecule has 6 heteroatoms. The first-order chi connectivity index (χ1) is 9.97. The van der Waals surface area contributed by atoms with E-state index in [9.17, 15) is 9.00 Å². The number of carbonyl (C=O) groups excluding carboxylic acids is 1. The molecule has 0 aromatic heterocycles. The number of benzene rings is 2. The summed E-state index contributed by atoms with van der Waals surface area (Å²) in [6.45, 7) is 1.62. The minimum absolute atomic E-state index is 0.325. The Morgan fingerprint density at radius 1 is 1.24 bits per heavy atom. The van der Waals surface area contributed by atoms with Gasteiger partial charge in [-0.1, -0.05) is 17.7 Å². The van der Waals surface area contributed by atoms with E-state index in [1.165, 1.54) is 0 Å². The quantitative estimate of drug-likeness (QED) is 0.850. The number of halogens is 1. The fraction of sp³-hybridized carbons (Fsp3) is 0.133. The van der Waals surface area contributed by atoms with Gasteiger partial charge in [0.1, 0.15) is 5.25 Å². The molecular weight excluding hydrogens is 308 g/mol. The van der Waals surface area contributed by atoms with Crippen LogP contribution in [0.1, 0.15) is 6.92 Å². The summed E-state index contributed by atoms with van der Waals surface area (Å²) in [6.07, 6.45) is 0. The number of carbonyl (C=O) groups is 1. The van der Waals surface area contributed by atoms with E-state index in [1.807, 2.05) is 0 Å². The Morgan fingerprint density at radius 2 is 1.90 bits per heavy atom. The number of amides is 1. The van der Waals surface area contributed by atoms with Crippen LogP contribution in [0.5, 0.6) is 0 Å². The van der Waals surface area contributed by atoms with E-state index in [4.69, 9.17) is 17.3 Å². The average Bonchev–Trinajstić information content (AvgIpc) is 2.46. The van der Waals surface area contributed by atoms with Crippen LogP contribution in [0.25, 0.3) is 0 Å². The molecule has 4 nitrogen and oxygen atoms in total. The number of nitrogens with two attached hydrogens (primary N) is 1. The Morgan fingerprint density at radius 3 is 2.52 bits per heavy atom. The van der Waals surface area contributed by atoms with Crippen molar-refractivity contribution < 1.29 is 9.00 Å². The maximum Gasteiger partial charge on any atom is 0.240 e. The van der Waals surface area contributed by atoms with Crippen LogP contribution >= 0.6 is 11.6 Å². The smallest absolute Gasteiger partial charge is 0.240 e. The van der Waals surface area contributed by atoms with E-state index >= 15 is 0 Å². The molecule has 3 N–H and O–H groups in total. The first-order valence-electron chi connectivity index (χ1n) is 6.30. The molecule has 2 aromatic rings. The Balaban J connectivity index is 2.08. The minimum atomic E-state index is -1.45. The molecule has 0 saturated carbocycles. The predicted molar refractivity (Wildman–Crippen MR) is 86.8 cm³/mol. The number of anilines is 2. The largest absolute Gasteiger partial charge is 0.399 e. The zero-order chi connectivity index (χ0) is 15.4. The highest BCUT2D eigenvalue weighted by molar-refractivity contribution is 7.86. The molecule has 0 aliphatic carbocycles. The Hall–Kier alpha value is -1.85. The van der Waals surface area contributed by atoms with Gasteiger partial charge in [0.15, 0.2) is 0 Å². The molecule has 2 unspecified atom stereocenters. The maximum absolute atomic E-state index is 12.3. The third-order valence-electron chi connectivity index (χ3n) is 2.89. The molecule has 0 aliphatic rings. The molecule has 1 amide bonds. The number of rotatable bonds is 4. The molecular formula is C15H15ClN2O2S. The summed E-state index contributed by atoms with van der Waals surface area (Å²) in [6, 6.07) is 13.5. The summed E-state index contributed by atoms with van der Waals surface area (Å²) >= 11 is 5.79. The number of nitrogens with one attached hydrogen (secondary N) is 1. The monoisotopic (exact) mass is 322 g/mol. The minimum Gasteiger partial charge on any atom is -0.399 e. The van der Waals surface area contributed by atoms with Crippen LogP contribution in [-0.2, 0) is 15.6 Å². The van der Waals surface area contributed by atoms with Gasteiger partial charge in [-0.15, -0.1) is 0 Å². The topological polar surface area (TPSA) is 72.2 Å². The first kappa shape index (κ1) is 15.5. The Labute approximate surface area is 130 Å². The van der Waals surface area contributed by atoms with Crippen molar-refractivity contribution in [1.82, 2.24) is 0 Å². The van der Waals surface area contributed by atoms with Gasteiger partial charge < -0.3 is 11.1 Å². The maximum atomic E-state index is 12.3. The lowest BCUT2D eigenvalue weighted by Crippen LogP contribution is -2.29. The normalized spacial score (nSPS) is 13.4. The average molecular weight is 323 g/mol. The van der Waals surface area contributed by atoms with E-state index < -0.39 is 16.0 Å². The summed E-state index contributed by atoms with van der Waals surface area (Å²) in [4.78, 5) is 12.7. The SMILES string of the molecule is CC(C(=O)Nc1cccc(N)c1)S(=O)c1ccc(Cl)cc1. The lowest BCUT2D eigenvalue weighted by atomic mass is 10.3. The summed E-state index contributed by atoms with van der Waals surface area (Å²) < 4.78 is 12.3. The van der Waals surface area contributed by atoms with Crippen LogP contribution < -0.4 is 11.1 Å². The van der Waals surface area contributed by atoms with Crippen LogP contribution in [0.4, 0.5) is 11.4 Å². The molecule has 2 atom stereocenters. The van der Waals surface area contributed by atoms with Crippen molar-refractivity contribution in [1.29, 1.82) is 0 Å². The lowest BCUT2D eigenvalue weighted by Gasteiger charge is -2.12. The molecule has 2 rings (SSSR count). The summed E-state index contributed by atoms with van der Waals surface area (Å²) in [5.41, 5.74) is 6.79. The second kappa shape index (κ2) is 6.74. The van der Waals surface area contributed by atoms with E-state index in [-0.39, 0.29) is 5.91 Å². The lowest BCUT2D eigenvalue weighted by molar-refractivity contribution is -0.115. The van der Waals surface area contributed by atoms with E-state index in [0.29, 0.717) is 21.3 Å². The van der Waals surface area contributed by atoms with Gasteiger partial charge >= 0.3 is 0 Å². The molecule has 0 radical (unpaired) electrons. The van der Waals surface area contributed by atoms with Crippen molar-refractivity contribution in [2.45, 2.75) is 17.1 Å². The van der Waals surface area contributed by atoms with Crippen LogP contribution in [0.3, 0.4) is 0 Å². The van der Waals surface area contributed by atoms with Gasteiger partial charge in [0.2, 0.25) is 5.91 Å². The predicted octanol–water partition coefficient (Wildman–Crippen LogP) is 3.06. The summed E-state index contributed by atoms with van der Waals surface area (Å²) in [7, 11) is -1.45. The molecule has 0 heterocycles. The van der Waals surface area contributed by atoms with Gasteiger partial charge in [0, 0.05) is 21.3 Å². The van der Waals surface area contributed by atoms with Crippen LogP contribution in [0.15, 0.2) is 53.4 Å². The number of nitrogen functional groups attached to an aromatic ring is 1. The molecule has 2 aromatic carbocycles. The van der Waals surface area contributed by atoms with Crippen molar-refractivity contribution >= 4 is 39.7 Å². The van der Waals surface area contributed by atoms with Gasteiger partial charge in [-0.05, 0) is 49.4 Å². The van der Waals surface area contributed by atoms with Crippen LogP contribution in [0, 0.1) is 0 Å². The van der Waals surface area contributed by atoms with Gasteiger partial charge in [0.25, 0.3) is 0 Å². The third-order valence-corrected chi connectivity index (χ3v) is 4.74. The molecule has 110 valence electrons. The Bertz CT molecular complexity index is 674. The van der Waals surface area contributed by atoms with E-state index in [0.717, 1.165) is 0 Å². The van der Waals surface area contributed by atoms with Crippen molar-refractivity contribution in [3.8, 4) is 0 Å². The van der Waals surface area contributed by atoms with Crippen molar-refractivity contribution in [2.75, 3.05) is 11.1 Å². The van der Waals surface area contributed by atoms with Crippen LogP contribution in [-0.4, -0.2) is 15.4 Å². The fourth-order valence-electron chi connectivity index (χ4n) is 1.73. The second-order valence-corrected chi connectivity index (χ2v) is 6.72. The third kappa shape index (κ3) is 4.06. The standard InChI is InChI=1S/C15H15ClN2O2S/c1-10(21(20)14-7-5-11(16)6-8-14)15(19)18-13-4-2-3-12(17)9-13/h2-10H,17H2,1H3,(H,18,19). The van der Waals surface area contributed by atoms with Crippen molar-refractivity contribution in [3.05, 3.63) is 53.6 Å². The highest BCUT2D eigenvalue weighted by Crippen LogP contribution is 2.17. The molecule has 21 heavy (non-hydrogen) atoms. The van der Waals surface area contributed by atoms with Gasteiger partial charge in [-0.3, -0.25) is 9.00 Å². The zero-order valence-electron chi connectivity index (χ0n) is 11.4. The van der Waals surface area contributed by atoms with E-state index in [2.05, 4.69) is 5.32 Å².